The van der Waals surface area contributed by atoms with Gasteiger partial charge in [-0.25, -0.2) is 9.78 Å². The molecule has 27 heavy (non-hydrogen) atoms. The lowest BCUT2D eigenvalue weighted by Crippen LogP contribution is -2.28. The third kappa shape index (κ3) is 4.75. The van der Waals surface area contributed by atoms with Crippen LogP contribution in [0.4, 0.5) is 10.5 Å². The van der Waals surface area contributed by atoms with E-state index in [1.807, 2.05) is 33.2 Å². The number of pyridine rings is 2. The molecule has 0 fully saturated rings. The van der Waals surface area contributed by atoms with Gasteiger partial charge in [0.25, 0.3) is 0 Å². The first-order valence-electron chi connectivity index (χ1n) is 8.16. The van der Waals surface area contributed by atoms with E-state index in [0.29, 0.717) is 5.69 Å². The van der Waals surface area contributed by atoms with E-state index in [1.165, 1.54) is 12.1 Å². The van der Waals surface area contributed by atoms with Gasteiger partial charge in [-0.1, -0.05) is 23.2 Å². The molecule has 2 amide bonds. The molecule has 0 aliphatic rings. The van der Waals surface area contributed by atoms with Crippen molar-refractivity contribution in [2.75, 3.05) is 5.32 Å². The number of amides is 2. The van der Waals surface area contributed by atoms with Crippen molar-refractivity contribution in [3.8, 4) is 11.1 Å². The van der Waals surface area contributed by atoms with E-state index in [4.69, 9.17) is 23.2 Å². The maximum absolute atomic E-state index is 12.1. The van der Waals surface area contributed by atoms with Crippen molar-refractivity contribution in [2.24, 2.45) is 7.05 Å². The lowest BCUT2D eigenvalue weighted by Gasteiger charge is -2.10. The third-order valence-electron chi connectivity index (χ3n) is 3.92. The highest BCUT2D eigenvalue weighted by molar-refractivity contribution is 6.32. The lowest BCUT2D eigenvalue weighted by atomic mass is 10.0. The second kappa shape index (κ2) is 7.94. The van der Waals surface area contributed by atoms with Crippen molar-refractivity contribution in [1.29, 1.82) is 0 Å². The van der Waals surface area contributed by atoms with E-state index in [9.17, 15) is 4.79 Å². The number of hydrogen-bond donors (Lipinski definition) is 2. The van der Waals surface area contributed by atoms with Crippen molar-refractivity contribution < 1.29 is 4.79 Å². The molecule has 7 nitrogen and oxygen atoms in total. The predicted octanol–water partition coefficient (Wildman–Crippen LogP) is 4.12. The van der Waals surface area contributed by atoms with Crippen LogP contribution in [0.1, 0.15) is 17.0 Å². The number of aromatic nitrogens is 4. The minimum atomic E-state index is -0.389. The highest BCUT2D eigenvalue weighted by atomic mass is 35.5. The van der Waals surface area contributed by atoms with Gasteiger partial charge < -0.3 is 10.6 Å². The Bertz CT molecular complexity index is 981. The number of urea groups is 1. The van der Waals surface area contributed by atoms with Crippen LogP contribution in [0.25, 0.3) is 11.1 Å². The van der Waals surface area contributed by atoms with E-state index in [0.717, 1.165) is 28.1 Å². The van der Waals surface area contributed by atoms with E-state index >= 15 is 0 Å². The Morgan fingerprint density at radius 3 is 2.44 bits per heavy atom. The average molecular weight is 405 g/mol. The fraction of sp³-hybridized carbons (Fsp3) is 0.222. The summed E-state index contributed by atoms with van der Waals surface area (Å²) in [6, 6.07) is 4.59. The van der Waals surface area contributed by atoms with Gasteiger partial charge in [-0.15, -0.1) is 0 Å². The molecule has 0 bridgehead atoms. The zero-order chi connectivity index (χ0) is 19.6. The molecule has 0 aliphatic carbocycles. The molecule has 0 spiro atoms. The van der Waals surface area contributed by atoms with Crippen LogP contribution in [0.2, 0.25) is 10.3 Å². The molecule has 0 aromatic carbocycles. The lowest BCUT2D eigenvalue weighted by molar-refractivity contribution is 0.251. The number of nitrogens with zero attached hydrogens (tertiary/aromatic N) is 4. The van der Waals surface area contributed by atoms with Gasteiger partial charge in [0, 0.05) is 36.3 Å². The smallest absolute Gasteiger partial charge is 0.319 e. The monoisotopic (exact) mass is 404 g/mol. The molecule has 0 atom stereocenters. The van der Waals surface area contributed by atoms with Crippen LogP contribution >= 0.6 is 23.2 Å². The molecule has 3 heterocycles. The Morgan fingerprint density at radius 2 is 1.85 bits per heavy atom. The molecule has 3 rings (SSSR count). The Kier molecular flexibility index (Phi) is 5.62. The van der Waals surface area contributed by atoms with Gasteiger partial charge in [0.05, 0.1) is 17.9 Å². The van der Waals surface area contributed by atoms with Gasteiger partial charge in [0.15, 0.2) is 0 Å². The van der Waals surface area contributed by atoms with Gasteiger partial charge >= 0.3 is 6.03 Å². The Morgan fingerprint density at radius 1 is 1.15 bits per heavy atom. The van der Waals surface area contributed by atoms with Crippen molar-refractivity contribution >= 4 is 34.9 Å². The molecular weight excluding hydrogens is 387 g/mol. The van der Waals surface area contributed by atoms with Gasteiger partial charge in [0.1, 0.15) is 10.3 Å². The zero-order valence-corrected chi connectivity index (χ0v) is 16.6. The molecule has 0 aliphatic heterocycles. The molecule has 0 saturated heterocycles. The summed E-state index contributed by atoms with van der Waals surface area (Å²) in [5.74, 6) is 0. The maximum Gasteiger partial charge on any atom is 0.319 e. The van der Waals surface area contributed by atoms with Crippen molar-refractivity contribution in [2.45, 2.75) is 20.4 Å². The molecule has 0 radical (unpaired) electrons. The Labute approximate surface area is 166 Å². The van der Waals surface area contributed by atoms with Crippen molar-refractivity contribution in [3.63, 3.8) is 0 Å². The van der Waals surface area contributed by atoms with E-state index in [-0.39, 0.29) is 22.9 Å². The largest absolute Gasteiger partial charge is 0.332 e. The van der Waals surface area contributed by atoms with Gasteiger partial charge in [-0.3, -0.25) is 9.67 Å². The first-order chi connectivity index (χ1) is 12.8. The molecule has 140 valence electrons. The summed E-state index contributed by atoms with van der Waals surface area (Å²) >= 11 is 11.6. The number of anilines is 1. The van der Waals surface area contributed by atoms with Gasteiger partial charge in [0.2, 0.25) is 0 Å². The van der Waals surface area contributed by atoms with Crippen LogP contribution in [0, 0.1) is 13.8 Å². The van der Waals surface area contributed by atoms with Crippen molar-refractivity contribution in [1.82, 2.24) is 25.1 Å². The van der Waals surface area contributed by atoms with Crippen LogP contribution in [0.5, 0.6) is 0 Å². The van der Waals surface area contributed by atoms with E-state index in [1.54, 1.807) is 10.9 Å². The summed E-state index contributed by atoms with van der Waals surface area (Å²) in [6.07, 6.45) is 3.77. The predicted molar refractivity (Wildman–Crippen MR) is 106 cm³/mol. The van der Waals surface area contributed by atoms with E-state index < -0.39 is 0 Å². The quantitative estimate of drug-likeness (QED) is 0.640. The number of halogens is 2. The van der Waals surface area contributed by atoms with Crippen LogP contribution in [0.15, 0.2) is 30.6 Å². The van der Waals surface area contributed by atoms with E-state index in [2.05, 4.69) is 25.7 Å². The number of carbonyl (C=O) groups excluding carboxylic acids is 1. The first-order valence-corrected chi connectivity index (χ1v) is 8.91. The number of nitrogens with one attached hydrogen (secondary N) is 2. The summed E-state index contributed by atoms with van der Waals surface area (Å²) in [5.41, 5.74) is 5.29. The fourth-order valence-corrected chi connectivity index (χ4v) is 3.20. The molecule has 2 N–H and O–H groups in total. The maximum atomic E-state index is 12.1. The standard InChI is InChI=1S/C18H18Cl2N6O/c1-10-4-13(21-8-14(10)15-9-26(3)25-11(15)2)7-22-18(27)23-12-5-16(19)24-17(20)6-12/h4-6,8-9H,7H2,1-3H3,(H2,22,23,24,27). The second-order valence-corrected chi connectivity index (χ2v) is 6.88. The van der Waals surface area contributed by atoms with Crippen LogP contribution in [0.3, 0.4) is 0 Å². The normalized spacial score (nSPS) is 10.7. The number of aryl methyl sites for hydroxylation is 3. The minimum Gasteiger partial charge on any atom is -0.332 e. The second-order valence-electron chi connectivity index (χ2n) is 6.10. The Balaban J connectivity index is 1.65. The SMILES string of the molecule is Cc1cc(CNC(=O)Nc2cc(Cl)nc(Cl)c2)ncc1-c1cn(C)nc1C. The van der Waals surface area contributed by atoms with Crippen molar-refractivity contribution in [3.05, 3.63) is 57.9 Å². The molecule has 3 aromatic rings. The summed E-state index contributed by atoms with van der Waals surface area (Å²) in [5, 5.41) is 10.2. The molecule has 9 heteroatoms. The number of rotatable bonds is 4. The molecular formula is C18H18Cl2N6O. The minimum absolute atomic E-state index is 0.205. The number of carbonyl (C=O) groups is 1. The van der Waals surface area contributed by atoms with Crippen LogP contribution < -0.4 is 10.6 Å². The van der Waals surface area contributed by atoms with Gasteiger partial charge in [-0.2, -0.15) is 5.10 Å². The number of hydrogen-bond acceptors (Lipinski definition) is 4. The van der Waals surface area contributed by atoms with Gasteiger partial charge in [-0.05, 0) is 37.6 Å². The summed E-state index contributed by atoms with van der Waals surface area (Å²) < 4.78 is 1.78. The van der Waals surface area contributed by atoms with Crippen LogP contribution in [-0.4, -0.2) is 25.8 Å². The zero-order valence-electron chi connectivity index (χ0n) is 15.0. The summed E-state index contributed by atoms with van der Waals surface area (Å²) in [4.78, 5) is 20.3. The highest BCUT2D eigenvalue weighted by Crippen LogP contribution is 2.25. The topological polar surface area (TPSA) is 84.7 Å². The Hall–Kier alpha value is -2.64. The first kappa shape index (κ1) is 19.1. The summed E-state index contributed by atoms with van der Waals surface area (Å²) in [7, 11) is 1.89. The molecule has 0 saturated carbocycles. The third-order valence-corrected chi connectivity index (χ3v) is 4.31. The molecule has 0 unspecified atom stereocenters. The average Bonchev–Trinajstić information content (AvgIpc) is 2.90. The van der Waals surface area contributed by atoms with Crippen LogP contribution in [-0.2, 0) is 13.6 Å². The fourth-order valence-electron chi connectivity index (χ4n) is 2.74. The highest BCUT2D eigenvalue weighted by Gasteiger charge is 2.11. The molecule has 3 aromatic heterocycles. The summed E-state index contributed by atoms with van der Waals surface area (Å²) in [6.45, 7) is 4.26.